The number of hydrogen-bond acceptors (Lipinski definition) is 4. The van der Waals surface area contributed by atoms with Crippen LogP contribution in [0.1, 0.15) is 50.8 Å². The molecule has 2 N–H and O–H groups in total. The maximum Gasteiger partial charge on any atom is 0.134 e. The number of hydrogen-bond donors (Lipinski definition) is 1. The molecule has 2 rings (SSSR count). The minimum atomic E-state index is -0.00168. The molecule has 1 saturated heterocycles. The number of piperidine rings is 1. The van der Waals surface area contributed by atoms with Crippen molar-refractivity contribution >= 4 is 5.69 Å². The summed E-state index contributed by atoms with van der Waals surface area (Å²) in [5.41, 5.74) is 9.36. The Morgan fingerprint density at radius 3 is 1.95 bits per heavy atom. The smallest absolute Gasteiger partial charge is 0.134 e. The zero-order valence-corrected chi connectivity index (χ0v) is 12.8. The molecule has 0 spiro atoms. The van der Waals surface area contributed by atoms with Crippen molar-refractivity contribution in [3.05, 3.63) is 17.2 Å². The van der Waals surface area contributed by atoms with E-state index in [0.717, 1.165) is 43.1 Å². The van der Waals surface area contributed by atoms with Gasteiger partial charge in [0.1, 0.15) is 5.82 Å². The number of anilines is 1. The van der Waals surface area contributed by atoms with Crippen LogP contribution in [0.3, 0.4) is 0 Å². The van der Waals surface area contributed by atoms with Gasteiger partial charge in [-0.05, 0) is 26.7 Å². The van der Waals surface area contributed by atoms with Crippen molar-refractivity contribution in [3.63, 3.8) is 0 Å². The second-order valence-electron chi connectivity index (χ2n) is 6.64. The summed E-state index contributed by atoms with van der Waals surface area (Å²) in [6.45, 7) is 12.7. The standard InChI is InChI=1S/C15H26N4/c1-10-13(19-8-6-12(16)7-9-19)11(2)18-14(17-10)15(3,4)5/h12H,6-9,16H2,1-5H3. The van der Waals surface area contributed by atoms with Gasteiger partial charge in [0.2, 0.25) is 0 Å². The molecule has 0 amide bonds. The van der Waals surface area contributed by atoms with Gasteiger partial charge in [0.25, 0.3) is 0 Å². The van der Waals surface area contributed by atoms with Gasteiger partial charge in [0.15, 0.2) is 0 Å². The molecule has 0 aromatic carbocycles. The van der Waals surface area contributed by atoms with Crippen LogP contribution in [-0.4, -0.2) is 29.1 Å². The average molecular weight is 262 g/mol. The van der Waals surface area contributed by atoms with Gasteiger partial charge in [0.05, 0.1) is 17.1 Å². The molecule has 0 saturated carbocycles. The molecule has 1 fully saturated rings. The van der Waals surface area contributed by atoms with E-state index in [2.05, 4.69) is 39.5 Å². The molecule has 1 aliphatic rings. The summed E-state index contributed by atoms with van der Waals surface area (Å²) in [6, 6.07) is 0.353. The van der Waals surface area contributed by atoms with Gasteiger partial charge >= 0.3 is 0 Å². The molecule has 0 aliphatic carbocycles. The Morgan fingerprint density at radius 1 is 1.05 bits per heavy atom. The van der Waals surface area contributed by atoms with E-state index in [1.807, 2.05) is 0 Å². The largest absolute Gasteiger partial charge is 0.368 e. The van der Waals surface area contributed by atoms with Crippen molar-refractivity contribution in [1.82, 2.24) is 9.97 Å². The van der Waals surface area contributed by atoms with Crippen LogP contribution >= 0.6 is 0 Å². The normalized spacial score (nSPS) is 17.9. The summed E-state index contributed by atoms with van der Waals surface area (Å²) in [7, 11) is 0. The summed E-state index contributed by atoms with van der Waals surface area (Å²) in [5, 5.41) is 0. The lowest BCUT2D eigenvalue weighted by atomic mass is 9.95. The maximum absolute atomic E-state index is 5.97. The van der Waals surface area contributed by atoms with Crippen LogP contribution in [0.15, 0.2) is 0 Å². The van der Waals surface area contributed by atoms with Gasteiger partial charge in [-0.1, -0.05) is 20.8 Å². The SMILES string of the molecule is Cc1nc(C(C)(C)C)nc(C)c1N1CCC(N)CC1. The Kier molecular flexibility index (Phi) is 3.81. The van der Waals surface area contributed by atoms with Crippen molar-refractivity contribution < 1.29 is 0 Å². The van der Waals surface area contributed by atoms with E-state index in [1.54, 1.807) is 0 Å². The van der Waals surface area contributed by atoms with E-state index in [0.29, 0.717) is 6.04 Å². The first-order valence-electron chi connectivity index (χ1n) is 7.15. The molecule has 0 bridgehead atoms. The van der Waals surface area contributed by atoms with Gasteiger partial charge in [-0.3, -0.25) is 0 Å². The van der Waals surface area contributed by atoms with Crippen LogP contribution in [0.4, 0.5) is 5.69 Å². The zero-order chi connectivity index (χ0) is 14.2. The maximum atomic E-state index is 5.97. The van der Waals surface area contributed by atoms with Gasteiger partial charge < -0.3 is 10.6 Å². The molecule has 1 aromatic rings. The fourth-order valence-corrected chi connectivity index (χ4v) is 2.63. The van der Waals surface area contributed by atoms with Crippen molar-refractivity contribution in [1.29, 1.82) is 0 Å². The summed E-state index contributed by atoms with van der Waals surface area (Å²) in [4.78, 5) is 11.8. The van der Waals surface area contributed by atoms with Crippen LogP contribution in [0.5, 0.6) is 0 Å². The molecule has 0 unspecified atom stereocenters. The summed E-state index contributed by atoms with van der Waals surface area (Å²) < 4.78 is 0. The molecule has 0 radical (unpaired) electrons. The van der Waals surface area contributed by atoms with Crippen molar-refractivity contribution in [2.24, 2.45) is 5.73 Å². The fraction of sp³-hybridized carbons (Fsp3) is 0.733. The molecule has 19 heavy (non-hydrogen) atoms. The third-order valence-corrected chi connectivity index (χ3v) is 3.76. The van der Waals surface area contributed by atoms with Crippen LogP contribution < -0.4 is 10.6 Å². The predicted molar refractivity (Wildman–Crippen MR) is 79.6 cm³/mol. The Bertz CT molecular complexity index is 431. The first kappa shape index (κ1) is 14.3. The minimum absolute atomic E-state index is 0.00168. The molecule has 1 aliphatic heterocycles. The predicted octanol–water partition coefficient (Wildman–Crippen LogP) is 2.32. The van der Waals surface area contributed by atoms with Crippen LogP contribution in [0.25, 0.3) is 0 Å². The molecule has 4 heteroatoms. The summed E-state index contributed by atoms with van der Waals surface area (Å²) >= 11 is 0. The first-order valence-corrected chi connectivity index (χ1v) is 7.15. The van der Waals surface area contributed by atoms with Crippen molar-refractivity contribution in [2.75, 3.05) is 18.0 Å². The van der Waals surface area contributed by atoms with E-state index in [9.17, 15) is 0 Å². The highest BCUT2D eigenvalue weighted by atomic mass is 15.2. The van der Waals surface area contributed by atoms with E-state index in [-0.39, 0.29) is 5.41 Å². The lowest BCUT2D eigenvalue weighted by molar-refractivity contribution is 0.496. The minimum Gasteiger partial charge on any atom is -0.368 e. The van der Waals surface area contributed by atoms with Crippen LogP contribution in [-0.2, 0) is 5.41 Å². The van der Waals surface area contributed by atoms with E-state index < -0.39 is 0 Å². The number of nitrogens with zero attached hydrogens (tertiary/aromatic N) is 3. The van der Waals surface area contributed by atoms with Crippen LogP contribution in [0, 0.1) is 13.8 Å². The van der Waals surface area contributed by atoms with E-state index in [4.69, 9.17) is 15.7 Å². The Morgan fingerprint density at radius 2 is 1.53 bits per heavy atom. The van der Waals surface area contributed by atoms with E-state index >= 15 is 0 Å². The van der Waals surface area contributed by atoms with Gasteiger partial charge in [-0.25, -0.2) is 9.97 Å². The second kappa shape index (κ2) is 5.08. The third kappa shape index (κ3) is 3.06. The molecule has 1 aromatic heterocycles. The quantitative estimate of drug-likeness (QED) is 0.844. The van der Waals surface area contributed by atoms with Crippen molar-refractivity contribution in [2.45, 2.75) is 58.9 Å². The van der Waals surface area contributed by atoms with Crippen LogP contribution in [0.2, 0.25) is 0 Å². The first-order chi connectivity index (χ1) is 8.79. The van der Waals surface area contributed by atoms with E-state index in [1.165, 1.54) is 5.69 Å². The molecule has 0 atom stereocenters. The van der Waals surface area contributed by atoms with Crippen molar-refractivity contribution in [3.8, 4) is 0 Å². The third-order valence-electron chi connectivity index (χ3n) is 3.76. The number of nitrogens with two attached hydrogens (primary N) is 1. The topological polar surface area (TPSA) is 55.0 Å². The summed E-state index contributed by atoms with van der Waals surface area (Å²) in [6.07, 6.45) is 2.11. The number of aryl methyl sites for hydroxylation is 2. The molecular formula is C15H26N4. The number of aromatic nitrogens is 2. The highest BCUT2D eigenvalue weighted by molar-refractivity contribution is 5.54. The molecule has 106 valence electrons. The zero-order valence-electron chi connectivity index (χ0n) is 12.8. The Labute approximate surface area is 116 Å². The Hall–Kier alpha value is -1.16. The molecule has 4 nitrogen and oxygen atoms in total. The fourth-order valence-electron chi connectivity index (χ4n) is 2.63. The number of rotatable bonds is 1. The Balaban J connectivity index is 2.32. The van der Waals surface area contributed by atoms with Gasteiger partial charge in [-0.15, -0.1) is 0 Å². The van der Waals surface area contributed by atoms with Gasteiger partial charge in [-0.2, -0.15) is 0 Å². The monoisotopic (exact) mass is 262 g/mol. The summed E-state index contributed by atoms with van der Waals surface area (Å²) in [5.74, 6) is 0.931. The average Bonchev–Trinajstić information content (AvgIpc) is 2.29. The lowest BCUT2D eigenvalue weighted by Gasteiger charge is -2.34. The highest BCUT2D eigenvalue weighted by Gasteiger charge is 2.24. The molecule has 2 heterocycles. The highest BCUT2D eigenvalue weighted by Crippen LogP contribution is 2.28. The van der Waals surface area contributed by atoms with Gasteiger partial charge in [0, 0.05) is 24.5 Å². The molecular weight excluding hydrogens is 236 g/mol. The second-order valence-corrected chi connectivity index (χ2v) is 6.64. The lowest BCUT2D eigenvalue weighted by Crippen LogP contribution is -2.40.